The lowest BCUT2D eigenvalue weighted by molar-refractivity contribution is -0.142. The predicted octanol–water partition coefficient (Wildman–Crippen LogP) is 5.42. The van der Waals surface area contributed by atoms with E-state index in [0.717, 1.165) is 51.4 Å². The van der Waals surface area contributed by atoms with Gasteiger partial charge in [0.1, 0.15) is 6.04 Å². The van der Waals surface area contributed by atoms with Crippen LogP contribution in [0, 0.1) is 23.2 Å². The molecular formula is C27H48N2O4. The molecule has 1 aliphatic carbocycles. The van der Waals surface area contributed by atoms with Crippen molar-refractivity contribution < 1.29 is 19.5 Å². The summed E-state index contributed by atoms with van der Waals surface area (Å²) in [6, 6.07) is -0.929. The van der Waals surface area contributed by atoms with E-state index in [0.29, 0.717) is 5.92 Å². The maximum absolute atomic E-state index is 13.8. The highest BCUT2D eigenvalue weighted by molar-refractivity contribution is 5.91. The predicted molar refractivity (Wildman–Crippen MR) is 134 cm³/mol. The average molecular weight is 465 g/mol. The van der Waals surface area contributed by atoms with Gasteiger partial charge in [-0.3, -0.25) is 9.59 Å². The summed E-state index contributed by atoms with van der Waals surface area (Å²) in [7, 11) is 1.74. The first kappa shape index (κ1) is 29.2. The van der Waals surface area contributed by atoms with Crippen molar-refractivity contribution in [1.29, 1.82) is 0 Å². The second kappa shape index (κ2) is 13.1. The number of carbonyl (C=O) groups is 3. The lowest BCUT2D eigenvalue weighted by Gasteiger charge is -2.39. The van der Waals surface area contributed by atoms with Crippen molar-refractivity contribution in [2.75, 3.05) is 7.05 Å². The summed E-state index contributed by atoms with van der Waals surface area (Å²) in [5.74, 6) is -0.576. The molecule has 0 heterocycles. The zero-order valence-electron chi connectivity index (χ0n) is 22.2. The quantitative estimate of drug-likeness (QED) is 0.378. The molecule has 0 spiro atoms. The SMILES string of the molecule is CCC(CC)(CC(C)C)C(=O)N[C@H](C(=O)N(C)[C@H](/C=C(\C)C(=O)O)C(C)C)C1CCCCC1. The second-order valence-corrected chi connectivity index (χ2v) is 10.8. The molecule has 0 aromatic rings. The third-order valence-electron chi connectivity index (χ3n) is 7.54. The Morgan fingerprint density at radius 3 is 2.03 bits per heavy atom. The van der Waals surface area contributed by atoms with E-state index in [2.05, 4.69) is 33.0 Å². The van der Waals surface area contributed by atoms with E-state index < -0.39 is 17.4 Å². The topological polar surface area (TPSA) is 86.7 Å². The minimum atomic E-state index is -0.983. The Morgan fingerprint density at radius 1 is 1.06 bits per heavy atom. The van der Waals surface area contributed by atoms with E-state index in [1.807, 2.05) is 13.8 Å². The molecule has 6 heteroatoms. The molecule has 0 aromatic heterocycles. The van der Waals surface area contributed by atoms with Gasteiger partial charge in [0.05, 0.1) is 6.04 Å². The number of amides is 2. The molecule has 0 aromatic carbocycles. The Hall–Kier alpha value is -1.85. The molecule has 1 saturated carbocycles. The summed E-state index contributed by atoms with van der Waals surface area (Å²) in [4.78, 5) is 40.5. The third kappa shape index (κ3) is 7.86. The van der Waals surface area contributed by atoms with Crippen LogP contribution >= 0.6 is 0 Å². The van der Waals surface area contributed by atoms with E-state index in [1.54, 1.807) is 24.9 Å². The van der Waals surface area contributed by atoms with Crippen LogP contribution in [0.5, 0.6) is 0 Å². The molecule has 0 aliphatic heterocycles. The van der Waals surface area contributed by atoms with E-state index in [9.17, 15) is 19.5 Å². The molecule has 0 saturated heterocycles. The minimum absolute atomic E-state index is 0.0168. The van der Waals surface area contributed by atoms with Gasteiger partial charge >= 0.3 is 5.97 Å². The molecule has 1 aliphatic rings. The Kier molecular flexibility index (Phi) is 11.6. The molecule has 2 atom stereocenters. The van der Waals surface area contributed by atoms with E-state index in [4.69, 9.17) is 0 Å². The van der Waals surface area contributed by atoms with Crippen molar-refractivity contribution in [3.05, 3.63) is 11.6 Å². The van der Waals surface area contributed by atoms with Gasteiger partial charge < -0.3 is 15.3 Å². The molecule has 2 N–H and O–H groups in total. The van der Waals surface area contributed by atoms with Gasteiger partial charge in [0.25, 0.3) is 0 Å². The molecule has 33 heavy (non-hydrogen) atoms. The maximum atomic E-state index is 13.8. The average Bonchev–Trinajstić information content (AvgIpc) is 2.78. The first-order valence-electron chi connectivity index (χ1n) is 12.9. The number of aliphatic carboxylic acids is 1. The number of carboxylic acids is 1. The maximum Gasteiger partial charge on any atom is 0.331 e. The molecular weight excluding hydrogens is 416 g/mol. The molecule has 1 rings (SSSR count). The monoisotopic (exact) mass is 464 g/mol. The molecule has 0 bridgehead atoms. The van der Waals surface area contributed by atoms with Crippen molar-refractivity contribution in [1.82, 2.24) is 10.2 Å². The zero-order chi connectivity index (χ0) is 25.3. The van der Waals surface area contributed by atoms with Gasteiger partial charge in [0.2, 0.25) is 11.8 Å². The molecule has 1 fully saturated rings. The molecule has 190 valence electrons. The molecule has 2 amide bonds. The van der Waals surface area contributed by atoms with Crippen LogP contribution in [-0.4, -0.2) is 46.9 Å². The van der Waals surface area contributed by atoms with Crippen LogP contribution in [0.15, 0.2) is 11.6 Å². The molecule has 0 unspecified atom stereocenters. The Morgan fingerprint density at radius 2 is 1.61 bits per heavy atom. The Bertz CT molecular complexity index is 688. The number of hydrogen-bond donors (Lipinski definition) is 2. The van der Waals surface area contributed by atoms with Gasteiger partial charge in [-0.2, -0.15) is 0 Å². The fourth-order valence-corrected chi connectivity index (χ4v) is 5.32. The molecule has 6 nitrogen and oxygen atoms in total. The fourth-order valence-electron chi connectivity index (χ4n) is 5.32. The number of hydrogen-bond acceptors (Lipinski definition) is 3. The van der Waals surface area contributed by atoms with Crippen LogP contribution in [0.1, 0.15) is 99.8 Å². The van der Waals surface area contributed by atoms with Gasteiger partial charge in [-0.05, 0) is 56.8 Å². The van der Waals surface area contributed by atoms with E-state index >= 15 is 0 Å². The number of nitrogens with one attached hydrogen (secondary N) is 1. The number of nitrogens with zero attached hydrogens (tertiary/aromatic N) is 1. The number of likely N-dealkylation sites (N-methyl/N-ethyl adjacent to an activating group) is 1. The summed E-state index contributed by atoms with van der Waals surface area (Å²) >= 11 is 0. The van der Waals surface area contributed by atoms with Crippen molar-refractivity contribution in [3.63, 3.8) is 0 Å². The van der Waals surface area contributed by atoms with Gasteiger partial charge in [-0.25, -0.2) is 4.79 Å². The van der Waals surface area contributed by atoms with Gasteiger partial charge in [-0.1, -0.05) is 66.9 Å². The largest absolute Gasteiger partial charge is 0.478 e. The van der Waals surface area contributed by atoms with Crippen molar-refractivity contribution in [2.45, 2.75) is 112 Å². The standard InChI is InChI=1S/C27H48N2O4/c1-9-27(10-2,17-18(3)4)26(33)28-23(21-14-12-11-13-15-21)24(30)29(8)22(19(5)6)16-20(7)25(31)32/h16,18-19,21-23H,9-15,17H2,1-8H3,(H,28,33)(H,31,32)/b20-16+/t22-,23+/m1/s1. The highest BCUT2D eigenvalue weighted by atomic mass is 16.4. The van der Waals surface area contributed by atoms with Crippen LogP contribution in [0.2, 0.25) is 0 Å². The lowest BCUT2D eigenvalue weighted by Crippen LogP contribution is -2.57. The number of carbonyl (C=O) groups excluding carboxylic acids is 2. The summed E-state index contributed by atoms with van der Waals surface area (Å²) < 4.78 is 0. The Labute approximate surface area is 201 Å². The van der Waals surface area contributed by atoms with Crippen LogP contribution in [0.3, 0.4) is 0 Å². The third-order valence-corrected chi connectivity index (χ3v) is 7.54. The highest BCUT2D eigenvalue weighted by Crippen LogP contribution is 2.36. The van der Waals surface area contributed by atoms with Crippen molar-refractivity contribution in [3.8, 4) is 0 Å². The van der Waals surface area contributed by atoms with Crippen LogP contribution in [0.25, 0.3) is 0 Å². The summed E-state index contributed by atoms with van der Waals surface area (Å²) in [5.41, 5.74) is -0.253. The van der Waals surface area contributed by atoms with Crippen LogP contribution in [0.4, 0.5) is 0 Å². The van der Waals surface area contributed by atoms with Gasteiger partial charge in [-0.15, -0.1) is 0 Å². The fraction of sp³-hybridized carbons (Fsp3) is 0.815. The first-order valence-corrected chi connectivity index (χ1v) is 12.9. The number of carboxylic acid groups (broad SMARTS) is 1. The van der Waals surface area contributed by atoms with Crippen molar-refractivity contribution in [2.24, 2.45) is 23.2 Å². The number of rotatable bonds is 12. The Balaban J connectivity index is 3.29. The molecule has 0 radical (unpaired) electrons. The minimum Gasteiger partial charge on any atom is -0.478 e. The van der Waals surface area contributed by atoms with E-state index in [1.165, 1.54) is 0 Å². The zero-order valence-corrected chi connectivity index (χ0v) is 22.2. The summed E-state index contributed by atoms with van der Waals surface area (Å²) in [5, 5.41) is 12.6. The summed E-state index contributed by atoms with van der Waals surface area (Å²) in [6.45, 7) is 13.9. The van der Waals surface area contributed by atoms with Gasteiger partial charge in [0.15, 0.2) is 0 Å². The van der Waals surface area contributed by atoms with Crippen molar-refractivity contribution >= 4 is 17.8 Å². The van der Waals surface area contributed by atoms with Crippen LogP contribution in [-0.2, 0) is 14.4 Å². The summed E-state index contributed by atoms with van der Waals surface area (Å²) in [6.07, 6.45) is 9.09. The second-order valence-electron chi connectivity index (χ2n) is 10.8. The first-order chi connectivity index (χ1) is 15.4. The van der Waals surface area contributed by atoms with Crippen LogP contribution < -0.4 is 5.32 Å². The smallest absolute Gasteiger partial charge is 0.331 e. The normalized spacial score (nSPS) is 17.7. The lowest BCUT2D eigenvalue weighted by atomic mass is 9.74. The highest BCUT2D eigenvalue weighted by Gasteiger charge is 2.41. The van der Waals surface area contributed by atoms with Gasteiger partial charge in [0, 0.05) is 18.0 Å². The van der Waals surface area contributed by atoms with E-state index in [-0.39, 0.29) is 35.3 Å².